The highest BCUT2D eigenvalue weighted by Crippen LogP contribution is 2.16. The predicted molar refractivity (Wildman–Crippen MR) is 86.3 cm³/mol. The maximum Gasteiger partial charge on any atom is 0.264 e. The van der Waals surface area contributed by atoms with Crippen LogP contribution >= 0.6 is 0 Å². The highest BCUT2D eigenvalue weighted by molar-refractivity contribution is 7.89. The lowest BCUT2D eigenvalue weighted by atomic mass is 10.0. The second kappa shape index (κ2) is 7.10. The molecule has 7 nitrogen and oxygen atoms in total. The molecule has 1 heterocycles. The Morgan fingerprint density at radius 3 is 2.57 bits per heavy atom. The number of nitrogens with two attached hydrogens (primary N) is 1. The van der Waals surface area contributed by atoms with Crippen molar-refractivity contribution in [2.75, 3.05) is 6.54 Å². The zero-order valence-electron chi connectivity index (χ0n) is 13.2. The molecule has 1 aliphatic heterocycles. The van der Waals surface area contributed by atoms with Gasteiger partial charge in [-0.3, -0.25) is 4.79 Å². The highest BCUT2D eigenvalue weighted by Gasteiger charge is 2.28. The Morgan fingerprint density at radius 2 is 2.04 bits per heavy atom. The van der Waals surface area contributed by atoms with Gasteiger partial charge in [0, 0.05) is 13.0 Å². The minimum Gasteiger partial charge on any atom is -0.382 e. The number of nitrogens with one attached hydrogen (secondary N) is 1. The van der Waals surface area contributed by atoms with Crippen molar-refractivity contribution in [3.63, 3.8) is 0 Å². The van der Waals surface area contributed by atoms with Gasteiger partial charge in [0.15, 0.2) is 0 Å². The second-order valence-electron chi connectivity index (χ2n) is 5.77. The van der Waals surface area contributed by atoms with Crippen LogP contribution in [0.25, 0.3) is 0 Å². The van der Waals surface area contributed by atoms with Gasteiger partial charge in [-0.1, -0.05) is 31.1 Å². The first-order chi connectivity index (χ1) is 10.8. The smallest absolute Gasteiger partial charge is 0.264 e. The number of amides is 1. The summed E-state index contributed by atoms with van der Waals surface area (Å²) in [6, 6.07) is 6.26. The van der Waals surface area contributed by atoms with E-state index in [-0.39, 0.29) is 16.7 Å². The normalized spacial score (nSPS) is 17.7. The Labute approximate surface area is 135 Å². The Kier molecular flexibility index (Phi) is 5.38. The van der Waals surface area contributed by atoms with Crippen LogP contribution in [0.3, 0.4) is 0 Å². The summed E-state index contributed by atoms with van der Waals surface area (Å²) in [6.07, 6.45) is 0.547. The molecule has 0 aromatic heterocycles. The molecule has 1 atom stereocenters. The van der Waals surface area contributed by atoms with Crippen molar-refractivity contribution in [3.8, 4) is 0 Å². The Morgan fingerprint density at radius 1 is 1.39 bits per heavy atom. The van der Waals surface area contributed by atoms with Gasteiger partial charge in [0.2, 0.25) is 16.1 Å². The number of sulfonamides is 1. The van der Waals surface area contributed by atoms with Gasteiger partial charge < -0.3 is 10.2 Å². The van der Waals surface area contributed by atoms with E-state index in [1.807, 2.05) is 13.8 Å². The first kappa shape index (κ1) is 17.4. The van der Waals surface area contributed by atoms with Gasteiger partial charge in [-0.2, -0.15) is 0 Å². The topological polar surface area (TPSA) is 111 Å². The van der Waals surface area contributed by atoms with E-state index in [0.717, 1.165) is 11.3 Å². The number of carbonyl (C=O) groups is 1. The van der Waals surface area contributed by atoms with E-state index in [0.29, 0.717) is 19.4 Å². The zero-order chi connectivity index (χ0) is 17.0. The minimum absolute atomic E-state index is 0.0722. The van der Waals surface area contributed by atoms with Crippen molar-refractivity contribution in [2.24, 2.45) is 16.2 Å². The Balaban J connectivity index is 1.78. The number of hydrogen-bond acceptors (Lipinski definition) is 5. The zero-order valence-corrected chi connectivity index (χ0v) is 14.0. The summed E-state index contributed by atoms with van der Waals surface area (Å²) in [5.74, 6) is 0.0793. The summed E-state index contributed by atoms with van der Waals surface area (Å²) >= 11 is 0. The molecule has 1 aromatic carbocycles. The third-order valence-electron chi connectivity index (χ3n) is 3.62. The van der Waals surface area contributed by atoms with Gasteiger partial charge in [0.1, 0.15) is 0 Å². The Bertz CT molecular complexity index is 696. The fourth-order valence-corrected chi connectivity index (χ4v) is 2.68. The molecule has 0 fully saturated rings. The molecular formula is C15H21N3O4S. The average molecular weight is 339 g/mol. The van der Waals surface area contributed by atoms with Crippen LogP contribution in [0.4, 0.5) is 0 Å². The number of benzene rings is 1. The monoisotopic (exact) mass is 339 g/mol. The van der Waals surface area contributed by atoms with E-state index < -0.39 is 16.1 Å². The lowest BCUT2D eigenvalue weighted by molar-refractivity contribution is -0.131. The molecule has 23 heavy (non-hydrogen) atoms. The molecule has 0 radical (unpaired) electrons. The number of carbonyl (C=O) groups excluding carboxylic acids is 1. The van der Waals surface area contributed by atoms with E-state index in [4.69, 9.17) is 9.98 Å². The lowest BCUT2D eigenvalue weighted by Gasteiger charge is -2.10. The standard InChI is InChI=1S/C15H21N3O4S/c1-10(2)13-9-14(22-18-13)15(19)17-8-7-11-3-5-12(6-4-11)23(16,20)21/h3-6,10,14H,7-9H2,1-2H3,(H,17,19)(H2,16,20,21). The molecule has 0 saturated carbocycles. The lowest BCUT2D eigenvalue weighted by Crippen LogP contribution is -2.36. The van der Waals surface area contributed by atoms with Crippen LogP contribution in [0.1, 0.15) is 25.8 Å². The highest BCUT2D eigenvalue weighted by atomic mass is 32.2. The van der Waals surface area contributed by atoms with Crippen molar-refractivity contribution in [1.29, 1.82) is 0 Å². The fourth-order valence-electron chi connectivity index (χ4n) is 2.17. The molecule has 0 aliphatic carbocycles. The number of hydrogen-bond donors (Lipinski definition) is 2. The largest absolute Gasteiger partial charge is 0.382 e. The third-order valence-corrected chi connectivity index (χ3v) is 4.54. The molecule has 8 heteroatoms. The van der Waals surface area contributed by atoms with Crippen molar-refractivity contribution < 1.29 is 18.0 Å². The molecule has 126 valence electrons. The molecule has 2 rings (SSSR count). The third kappa shape index (κ3) is 4.77. The maximum absolute atomic E-state index is 12.0. The quantitative estimate of drug-likeness (QED) is 0.798. The van der Waals surface area contributed by atoms with Crippen molar-refractivity contribution >= 4 is 21.6 Å². The molecule has 0 saturated heterocycles. The molecule has 1 amide bonds. The maximum atomic E-state index is 12.0. The second-order valence-corrected chi connectivity index (χ2v) is 7.33. The van der Waals surface area contributed by atoms with Crippen LogP contribution in [-0.2, 0) is 26.1 Å². The number of primary sulfonamides is 1. The molecule has 1 unspecified atom stereocenters. The predicted octanol–water partition coefficient (Wildman–Crippen LogP) is 0.794. The summed E-state index contributed by atoms with van der Waals surface area (Å²) in [7, 11) is -3.68. The summed E-state index contributed by atoms with van der Waals surface area (Å²) in [5, 5.41) is 11.8. The molecule has 1 aliphatic rings. The first-order valence-electron chi connectivity index (χ1n) is 7.39. The van der Waals surface area contributed by atoms with E-state index in [1.165, 1.54) is 12.1 Å². The van der Waals surface area contributed by atoms with Crippen LogP contribution in [-0.4, -0.2) is 32.7 Å². The summed E-state index contributed by atoms with van der Waals surface area (Å²) in [5.41, 5.74) is 1.80. The van der Waals surface area contributed by atoms with E-state index >= 15 is 0 Å². The van der Waals surface area contributed by atoms with Gasteiger partial charge in [0.25, 0.3) is 5.91 Å². The van der Waals surface area contributed by atoms with Gasteiger partial charge in [-0.05, 0) is 30.0 Å². The average Bonchev–Trinajstić information content (AvgIpc) is 2.97. The van der Waals surface area contributed by atoms with Crippen LogP contribution in [0.15, 0.2) is 34.3 Å². The van der Waals surface area contributed by atoms with Crippen molar-refractivity contribution in [3.05, 3.63) is 29.8 Å². The van der Waals surface area contributed by atoms with Gasteiger partial charge in [-0.15, -0.1) is 0 Å². The SMILES string of the molecule is CC(C)C1=NOC(C(=O)NCCc2ccc(S(N)(=O)=O)cc2)C1. The Hall–Kier alpha value is -1.93. The first-order valence-corrected chi connectivity index (χ1v) is 8.94. The van der Waals surface area contributed by atoms with Gasteiger partial charge >= 0.3 is 0 Å². The molecule has 0 bridgehead atoms. The number of oxime groups is 1. The number of rotatable bonds is 6. The van der Waals surface area contributed by atoms with Gasteiger partial charge in [0.05, 0.1) is 10.6 Å². The fraction of sp³-hybridized carbons (Fsp3) is 0.467. The van der Waals surface area contributed by atoms with Crippen molar-refractivity contribution in [2.45, 2.75) is 37.7 Å². The van der Waals surface area contributed by atoms with Crippen LogP contribution in [0, 0.1) is 5.92 Å². The van der Waals surface area contributed by atoms with Crippen LogP contribution in [0.5, 0.6) is 0 Å². The summed E-state index contributed by atoms with van der Waals surface area (Å²) in [4.78, 5) is 17.2. The molecule has 1 aromatic rings. The number of nitrogens with zero attached hydrogens (tertiary/aromatic N) is 1. The van der Waals surface area contributed by atoms with Crippen LogP contribution < -0.4 is 10.5 Å². The van der Waals surface area contributed by atoms with Crippen molar-refractivity contribution in [1.82, 2.24) is 5.32 Å². The minimum atomic E-state index is -3.68. The van der Waals surface area contributed by atoms with Crippen LogP contribution in [0.2, 0.25) is 0 Å². The molecular weight excluding hydrogens is 318 g/mol. The van der Waals surface area contributed by atoms with E-state index in [1.54, 1.807) is 12.1 Å². The summed E-state index contributed by atoms with van der Waals surface area (Å²) < 4.78 is 22.3. The van der Waals surface area contributed by atoms with Gasteiger partial charge in [-0.25, -0.2) is 13.6 Å². The van der Waals surface area contributed by atoms with E-state index in [2.05, 4.69) is 10.5 Å². The van der Waals surface area contributed by atoms with E-state index in [9.17, 15) is 13.2 Å². The molecule has 3 N–H and O–H groups in total. The summed E-state index contributed by atoms with van der Waals surface area (Å²) in [6.45, 7) is 4.45. The molecule has 0 spiro atoms.